The molecule has 1 N–H and O–H groups in total. The third-order valence-electron chi connectivity index (χ3n) is 6.04. The van der Waals surface area contributed by atoms with Crippen molar-refractivity contribution in [2.24, 2.45) is 5.92 Å². The molecule has 4 rings (SSSR count). The molecule has 188 valence electrons. The summed E-state index contributed by atoms with van der Waals surface area (Å²) in [4.78, 5) is 20.0. The maximum absolute atomic E-state index is 12.9. The van der Waals surface area contributed by atoms with Crippen molar-refractivity contribution in [2.75, 3.05) is 44.4 Å². The number of rotatable bonds is 11. The van der Waals surface area contributed by atoms with E-state index in [1.807, 2.05) is 57.2 Å². The van der Waals surface area contributed by atoms with Gasteiger partial charge in [-0.3, -0.25) is 4.79 Å². The van der Waals surface area contributed by atoms with E-state index in [1.165, 1.54) is 0 Å². The molecule has 2 heterocycles. The van der Waals surface area contributed by atoms with Crippen LogP contribution < -0.4 is 24.4 Å². The normalized spacial score (nSPS) is 15.7. The third-order valence-corrected chi connectivity index (χ3v) is 7.12. The average Bonchev–Trinajstić information content (AvgIpc) is 3.30. The molecule has 1 atom stereocenters. The molecule has 0 unspecified atom stereocenters. The number of nitrogens with one attached hydrogen (secondary N) is 1. The number of hydrogen-bond acceptors (Lipinski definition) is 7. The van der Waals surface area contributed by atoms with E-state index in [1.54, 1.807) is 11.3 Å². The number of nitrogens with zero attached hydrogens (tertiary/aromatic N) is 2. The Hall–Kier alpha value is -3.00. The van der Waals surface area contributed by atoms with Gasteiger partial charge in [0.25, 0.3) is 0 Å². The first-order valence-electron chi connectivity index (χ1n) is 12.6. The number of thiazole rings is 1. The first kappa shape index (κ1) is 25.1. The summed E-state index contributed by atoms with van der Waals surface area (Å²) in [5.74, 6) is 2.46. The van der Waals surface area contributed by atoms with E-state index in [0.717, 1.165) is 64.0 Å². The summed E-state index contributed by atoms with van der Waals surface area (Å²) in [5.41, 5.74) is 2.09. The first-order valence-corrected chi connectivity index (χ1v) is 13.4. The highest BCUT2D eigenvalue weighted by molar-refractivity contribution is 7.22. The highest BCUT2D eigenvalue weighted by atomic mass is 32.1. The monoisotopic (exact) mass is 497 g/mol. The van der Waals surface area contributed by atoms with Crippen LogP contribution in [-0.2, 0) is 11.2 Å². The van der Waals surface area contributed by atoms with Crippen LogP contribution in [0.1, 0.15) is 39.2 Å². The molecule has 7 nitrogen and oxygen atoms in total. The lowest BCUT2D eigenvalue weighted by atomic mass is 9.97. The van der Waals surface area contributed by atoms with E-state index in [-0.39, 0.29) is 11.8 Å². The predicted molar refractivity (Wildman–Crippen MR) is 141 cm³/mol. The van der Waals surface area contributed by atoms with Gasteiger partial charge in [-0.15, -0.1) is 0 Å². The number of fused-ring (bicyclic) bond motifs is 1. The molecule has 8 heteroatoms. The molecule has 1 amide bonds. The Morgan fingerprint density at radius 2 is 1.86 bits per heavy atom. The number of carbonyl (C=O) groups excluding carboxylic acids is 1. The summed E-state index contributed by atoms with van der Waals surface area (Å²) in [6, 6.07) is 12.0. The molecule has 1 aliphatic heterocycles. The maximum atomic E-state index is 12.9. The molecule has 1 aliphatic rings. The van der Waals surface area contributed by atoms with Crippen LogP contribution in [0.4, 0.5) is 5.13 Å². The Bertz CT molecular complexity index is 1130. The Labute approximate surface area is 211 Å². The van der Waals surface area contributed by atoms with Crippen molar-refractivity contribution < 1.29 is 19.0 Å². The van der Waals surface area contributed by atoms with Gasteiger partial charge in [0.2, 0.25) is 5.91 Å². The number of carbonyl (C=O) groups is 1. The Morgan fingerprint density at radius 1 is 1.06 bits per heavy atom. The zero-order valence-corrected chi connectivity index (χ0v) is 21.7. The lowest BCUT2D eigenvalue weighted by molar-refractivity contribution is -0.125. The van der Waals surface area contributed by atoms with Crippen molar-refractivity contribution in [3.8, 4) is 17.2 Å². The zero-order chi connectivity index (χ0) is 24.6. The lowest BCUT2D eigenvalue weighted by Crippen LogP contribution is -2.43. The fourth-order valence-electron chi connectivity index (χ4n) is 4.37. The van der Waals surface area contributed by atoms with Gasteiger partial charge in [0.15, 0.2) is 16.6 Å². The summed E-state index contributed by atoms with van der Waals surface area (Å²) >= 11 is 1.66. The van der Waals surface area contributed by atoms with Gasteiger partial charge in [0, 0.05) is 19.6 Å². The van der Waals surface area contributed by atoms with Crippen LogP contribution in [0, 0.1) is 5.92 Å². The van der Waals surface area contributed by atoms with Crippen LogP contribution in [0.5, 0.6) is 17.2 Å². The van der Waals surface area contributed by atoms with Crippen molar-refractivity contribution in [3.05, 3.63) is 42.0 Å². The molecule has 0 aliphatic carbocycles. The highest BCUT2D eigenvalue weighted by Crippen LogP contribution is 2.34. The number of ether oxygens (including phenoxy) is 3. The minimum atomic E-state index is -0.0333. The van der Waals surface area contributed by atoms with Gasteiger partial charge in [0.05, 0.1) is 36.0 Å². The van der Waals surface area contributed by atoms with Gasteiger partial charge in [-0.05, 0) is 75.9 Å². The molecule has 0 radical (unpaired) electrons. The second kappa shape index (κ2) is 12.1. The van der Waals surface area contributed by atoms with Gasteiger partial charge >= 0.3 is 0 Å². The van der Waals surface area contributed by atoms with Crippen molar-refractivity contribution in [1.29, 1.82) is 0 Å². The maximum Gasteiger partial charge on any atom is 0.224 e. The van der Waals surface area contributed by atoms with Crippen LogP contribution in [0.15, 0.2) is 36.4 Å². The molecule has 3 aromatic rings. The smallest absolute Gasteiger partial charge is 0.224 e. The molecule has 35 heavy (non-hydrogen) atoms. The fraction of sp³-hybridized carbons (Fsp3) is 0.481. The van der Waals surface area contributed by atoms with Crippen LogP contribution in [0.3, 0.4) is 0 Å². The van der Waals surface area contributed by atoms with Gasteiger partial charge < -0.3 is 24.4 Å². The van der Waals surface area contributed by atoms with Gasteiger partial charge in [0.1, 0.15) is 5.75 Å². The van der Waals surface area contributed by atoms with Crippen LogP contribution >= 0.6 is 11.3 Å². The number of piperidine rings is 1. The van der Waals surface area contributed by atoms with Crippen LogP contribution in [0.2, 0.25) is 0 Å². The topological polar surface area (TPSA) is 72.9 Å². The molecule has 0 spiro atoms. The molecule has 1 aromatic heterocycles. The Morgan fingerprint density at radius 3 is 2.66 bits per heavy atom. The molecule has 0 bridgehead atoms. The number of hydrogen-bond donors (Lipinski definition) is 1. The van der Waals surface area contributed by atoms with Crippen molar-refractivity contribution in [2.45, 2.75) is 40.0 Å². The molecule has 1 fully saturated rings. The second-order valence-electron chi connectivity index (χ2n) is 8.53. The predicted octanol–water partition coefficient (Wildman–Crippen LogP) is 5.07. The van der Waals surface area contributed by atoms with Gasteiger partial charge in [-0.25, -0.2) is 4.98 Å². The fourth-order valence-corrected chi connectivity index (χ4v) is 5.40. The van der Waals surface area contributed by atoms with E-state index >= 15 is 0 Å². The quantitative estimate of drug-likeness (QED) is 0.399. The summed E-state index contributed by atoms with van der Waals surface area (Å²) < 4.78 is 18.1. The van der Waals surface area contributed by atoms with Crippen molar-refractivity contribution in [1.82, 2.24) is 10.3 Å². The average molecular weight is 498 g/mol. The Balaban J connectivity index is 1.32. The first-order chi connectivity index (χ1) is 17.1. The molecular formula is C27H35N3O4S. The molecule has 1 saturated heterocycles. The van der Waals surface area contributed by atoms with Crippen LogP contribution in [0.25, 0.3) is 10.2 Å². The second-order valence-corrected chi connectivity index (χ2v) is 9.54. The largest absolute Gasteiger partial charge is 0.494 e. The molecule has 0 saturated carbocycles. The minimum Gasteiger partial charge on any atom is -0.494 e. The zero-order valence-electron chi connectivity index (χ0n) is 20.8. The number of benzene rings is 2. The Kier molecular flexibility index (Phi) is 8.69. The standard InChI is InChI=1S/C27H35N3O4S/c1-4-32-21-10-11-22-25(17-21)35-27(29-22)30-15-7-8-20(18-30)26(31)28-14-13-19-9-12-23(33-5-2)24(16-19)34-6-3/h9-12,16-17,20H,4-8,13-15,18H2,1-3H3,(H,28,31)/t20-/m0/s1. The SMILES string of the molecule is CCOc1ccc2nc(N3CCC[C@H](C(=O)NCCc4ccc(OCC)c(OCC)c4)C3)sc2c1. The summed E-state index contributed by atoms with van der Waals surface area (Å²) in [7, 11) is 0. The van der Waals surface area contributed by atoms with E-state index < -0.39 is 0 Å². The molecule has 2 aromatic carbocycles. The van der Waals surface area contributed by atoms with Gasteiger partial charge in [-0.1, -0.05) is 17.4 Å². The lowest BCUT2D eigenvalue weighted by Gasteiger charge is -2.31. The van der Waals surface area contributed by atoms with Crippen molar-refractivity contribution in [3.63, 3.8) is 0 Å². The summed E-state index contributed by atoms with van der Waals surface area (Å²) in [5, 5.41) is 4.12. The van der Waals surface area contributed by atoms with Crippen molar-refractivity contribution >= 4 is 32.6 Å². The molecular weight excluding hydrogens is 462 g/mol. The summed E-state index contributed by atoms with van der Waals surface area (Å²) in [6.45, 7) is 9.94. The summed E-state index contributed by atoms with van der Waals surface area (Å²) in [6.07, 6.45) is 2.63. The minimum absolute atomic E-state index is 0.0333. The van der Waals surface area contributed by atoms with E-state index in [9.17, 15) is 4.79 Å². The van der Waals surface area contributed by atoms with E-state index in [0.29, 0.717) is 32.9 Å². The van der Waals surface area contributed by atoms with E-state index in [2.05, 4.69) is 10.2 Å². The number of anilines is 1. The van der Waals surface area contributed by atoms with Gasteiger partial charge in [-0.2, -0.15) is 0 Å². The van der Waals surface area contributed by atoms with E-state index in [4.69, 9.17) is 19.2 Å². The van der Waals surface area contributed by atoms with Crippen LogP contribution in [-0.4, -0.2) is 50.3 Å². The number of amides is 1. The number of aromatic nitrogens is 1. The highest BCUT2D eigenvalue weighted by Gasteiger charge is 2.27. The third kappa shape index (κ3) is 6.36.